The first-order valence-corrected chi connectivity index (χ1v) is 7.00. The molecule has 4 rings (SSSR count). The number of terminal acetylenes is 1. The molecule has 3 aliphatic rings. The standard InChI is InChI=1S/C9H6F3NO2.C6H3Cl.C2H2/c10-9(11,12)7-5-3-1-2-4-6(5)13-8(14)15-7;7-6-3-4-1-2-5(4)6;1-2/h1-4,7H,(H,13,14);1-3H;1-2H. The summed E-state index contributed by atoms with van der Waals surface area (Å²) in [4.78, 5) is 10.8. The maximum atomic E-state index is 12.5. The van der Waals surface area contributed by atoms with Gasteiger partial charge in [-0.15, -0.1) is 12.8 Å². The van der Waals surface area contributed by atoms with Crippen molar-refractivity contribution in [1.29, 1.82) is 0 Å². The minimum absolute atomic E-state index is 0.0791. The zero-order chi connectivity index (χ0) is 17.9. The van der Waals surface area contributed by atoms with Crippen LogP contribution in [0, 0.1) is 12.8 Å². The Morgan fingerprint density at radius 2 is 1.79 bits per heavy atom. The third-order valence-electron chi connectivity index (χ3n) is 3.28. The van der Waals surface area contributed by atoms with Gasteiger partial charge < -0.3 is 4.74 Å². The van der Waals surface area contributed by atoms with Crippen LogP contribution in [0.2, 0.25) is 5.02 Å². The number of halogens is 4. The third-order valence-corrected chi connectivity index (χ3v) is 3.59. The van der Waals surface area contributed by atoms with Crippen LogP contribution in [0.4, 0.5) is 23.7 Å². The molecule has 0 radical (unpaired) electrons. The Labute approximate surface area is 141 Å². The number of anilines is 1. The van der Waals surface area contributed by atoms with Crippen molar-refractivity contribution < 1.29 is 22.7 Å². The second-order valence-corrected chi connectivity index (χ2v) is 5.14. The van der Waals surface area contributed by atoms with E-state index in [2.05, 4.69) is 29.0 Å². The van der Waals surface area contributed by atoms with Crippen molar-refractivity contribution in [3.63, 3.8) is 0 Å². The Morgan fingerprint density at radius 3 is 2.21 bits per heavy atom. The normalized spacial score (nSPS) is 16.1. The van der Waals surface area contributed by atoms with Crippen molar-refractivity contribution in [3.8, 4) is 24.0 Å². The molecule has 0 saturated heterocycles. The van der Waals surface area contributed by atoms with Gasteiger partial charge in [-0.05, 0) is 17.7 Å². The molecule has 7 heteroatoms. The lowest BCUT2D eigenvalue weighted by molar-refractivity contribution is -0.206. The van der Waals surface area contributed by atoms with E-state index in [4.69, 9.17) is 11.6 Å². The SMILES string of the molecule is C#C.Clc1cc2ccc1-2.O=C1Nc2ccccc2C(C(F)(F)F)O1. The number of ether oxygens (including phenoxy) is 1. The molecule has 1 aromatic carbocycles. The molecule has 2 aliphatic carbocycles. The van der Waals surface area contributed by atoms with E-state index in [1.54, 1.807) is 0 Å². The molecular weight excluding hydrogens is 343 g/mol. The van der Waals surface area contributed by atoms with Crippen LogP contribution in [0.15, 0.2) is 42.5 Å². The van der Waals surface area contributed by atoms with Crippen molar-refractivity contribution in [2.75, 3.05) is 5.32 Å². The van der Waals surface area contributed by atoms with Crippen molar-refractivity contribution in [1.82, 2.24) is 0 Å². The maximum absolute atomic E-state index is 12.5. The maximum Gasteiger partial charge on any atom is 0.430 e. The third kappa shape index (κ3) is 3.47. The number of amides is 1. The van der Waals surface area contributed by atoms with Crippen molar-refractivity contribution in [3.05, 3.63) is 53.1 Å². The Morgan fingerprint density at radius 1 is 1.12 bits per heavy atom. The highest BCUT2D eigenvalue weighted by Gasteiger charge is 2.47. The molecule has 0 bridgehead atoms. The summed E-state index contributed by atoms with van der Waals surface area (Å²) in [6.07, 6.45) is 0.145. The molecule has 0 saturated carbocycles. The monoisotopic (exact) mass is 353 g/mol. The van der Waals surface area contributed by atoms with Crippen molar-refractivity contribution in [2.24, 2.45) is 0 Å². The van der Waals surface area contributed by atoms with E-state index >= 15 is 0 Å². The van der Waals surface area contributed by atoms with Gasteiger partial charge in [0.2, 0.25) is 6.10 Å². The molecule has 1 atom stereocenters. The molecule has 1 aliphatic heterocycles. The first-order valence-electron chi connectivity index (χ1n) is 6.63. The molecule has 0 fully saturated rings. The van der Waals surface area contributed by atoms with Crippen LogP contribution >= 0.6 is 11.6 Å². The minimum atomic E-state index is -4.59. The van der Waals surface area contributed by atoms with Gasteiger partial charge in [0.15, 0.2) is 0 Å². The molecule has 1 aromatic rings. The average Bonchev–Trinajstić information content (AvgIpc) is 2.53. The molecule has 1 unspecified atom stereocenters. The van der Waals surface area contributed by atoms with E-state index in [-0.39, 0.29) is 11.3 Å². The summed E-state index contributed by atoms with van der Waals surface area (Å²) in [5.41, 5.74) is 2.60. The van der Waals surface area contributed by atoms with Gasteiger partial charge >= 0.3 is 12.3 Å². The Balaban J connectivity index is 0.000000191. The number of carbonyl (C=O) groups is 1. The summed E-state index contributed by atoms with van der Waals surface area (Å²) in [6.45, 7) is 0. The quantitative estimate of drug-likeness (QED) is 0.548. The Hall–Kier alpha value is -2.65. The minimum Gasteiger partial charge on any atom is -0.431 e. The molecule has 1 amide bonds. The molecular formula is C17H11ClF3NO2. The average molecular weight is 354 g/mol. The molecule has 24 heavy (non-hydrogen) atoms. The highest BCUT2D eigenvalue weighted by Crippen LogP contribution is 2.41. The van der Waals surface area contributed by atoms with E-state index in [0.717, 1.165) is 5.02 Å². The highest BCUT2D eigenvalue weighted by atomic mass is 35.5. The van der Waals surface area contributed by atoms with Gasteiger partial charge in [-0.2, -0.15) is 13.2 Å². The topological polar surface area (TPSA) is 38.3 Å². The van der Waals surface area contributed by atoms with E-state index in [1.165, 1.54) is 35.4 Å². The van der Waals surface area contributed by atoms with Gasteiger partial charge in [0, 0.05) is 16.1 Å². The molecule has 124 valence electrons. The number of benzene rings is 2. The number of nitrogens with one attached hydrogen (secondary N) is 1. The second kappa shape index (κ2) is 6.85. The van der Waals surface area contributed by atoms with E-state index < -0.39 is 18.4 Å². The number of rotatable bonds is 0. The van der Waals surface area contributed by atoms with Crippen LogP contribution in [0.1, 0.15) is 11.7 Å². The number of carbonyl (C=O) groups excluding carboxylic acids is 1. The highest BCUT2D eigenvalue weighted by molar-refractivity contribution is 6.35. The van der Waals surface area contributed by atoms with Crippen LogP contribution in [0.5, 0.6) is 0 Å². The first-order chi connectivity index (χ1) is 11.4. The predicted molar refractivity (Wildman–Crippen MR) is 85.7 cm³/mol. The lowest BCUT2D eigenvalue weighted by Gasteiger charge is -2.27. The Bertz CT molecular complexity index is 787. The second-order valence-electron chi connectivity index (χ2n) is 4.73. The van der Waals surface area contributed by atoms with Crippen molar-refractivity contribution >= 4 is 23.4 Å². The number of cyclic esters (lactones) is 1. The van der Waals surface area contributed by atoms with E-state index in [9.17, 15) is 18.0 Å². The zero-order valence-electron chi connectivity index (χ0n) is 12.1. The summed E-state index contributed by atoms with van der Waals surface area (Å²) in [5.74, 6) is 0. The smallest absolute Gasteiger partial charge is 0.430 e. The van der Waals surface area contributed by atoms with Crippen LogP contribution < -0.4 is 5.32 Å². The molecule has 1 heterocycles. The summed E-state index contributed by atoms with van der Waals surface area (Å²) in [7, 11) is 0. The summed E-state index contributed by atoms with van der Waals surface area (Å²) < 4.78 is 41.7. The van der Waals surface area contributed by atoms with Gasteiger partial charge in [0.1, 0.15) is 0 Å². The van der Waals surface area contributed by atoms with E-state index in [0.29, 0.717) is 0 Å². The molecule has 0 spiro atoms. The molecule has 0 aromatic heterocycles. The van der Waals surface area contributed by atoms with Gasteiger partial charge in [-0.3, -0.25) is 5.32 Å². The largest absolute Gasteiger partial charge is 0.431 e. The predicted octanol–water partition coefficient (Wildman–Crippen LogP) is 5.42. The van der Waals surface area contributed by atoms with Crippen LogP contribution in [0.3, 0.4) is 0 Å². The fourth-order valence-corrected chi connectivity index (χ4v) is 2.42. The fourth-order valence-electron chi connectivity index (χ4n) is 2.14. The van der Waals surface area contributed by atoms with Gasteiger partial charge in [0.05, 0.1) is 5.69 Å². The van der Waals surface area contributed by atoms with Gasteiger partial charge in [0.25, 0.3) is 0 Å². The summed E-state index contributed by atoms with van der Waals surface area (Å²) >= 11 is 5.60. The summed E-state index contributed by atoms with van der Waals surface area (Å²) in [6, 6.07) is 11.7. The van der Waals surface area contributed by atoms with Crippen molar-refractivity contribution in [2.45, 2.75) is 12.3 Å². The van der Waals surface area contributed by atoms with Crippen LogP contribution in [-0.4, -0.2) is 12.3 Å². The summed E-state index contributed by atoms with van der Waals surface area (Å²) in [5, 5.41) is 3.12. The number of para-hydroxylation sites is 1. The first kappa shape index (κ1) is 17.7. The number of hydrogen-bond donors (Lipinski definition) is 1. The zero-order valence-corrected chi connectivity index (χ0v) is 12.9. The number of hydrogen-bond acceptors (Lipinski definition) is 2. The van der Waals surface area contributed by atoms with Gasteiger partial charge in [-0.1, -0.05) is 41.9 Å². The van der Waals surface area contributed by atoms with E-state index in [1.807, 2.05) is 12.1 Å². The lowest BCUT2D eigenvalue weighted by Crippen LogP contribution is -2.33. The molecule has 1 N–H and O–H groups in total. The van der Waals surface area contributed by atoms with Crippen LogP contribution in [-0.2, 0) is 4.74 Å². The fraction of sp³-hybridized carbons (Fsp3) is 0.118. The van der Waals surface area contributed by atoms with Gasteiger partial charge in [-0.25, -0.2) is 4.79 Å². The Kier molecular flexibility index (Phi) is 5.05. The number of fused-ring (bicyclic) bond motifs is 2. The molecule has 3 nitrogen and oxygen atoms in total. The number of alkyl halides is 3. The lowest BCUT2D eigenvalue weighted by atomic mass is 9.94. The van der Waals surface area contributed by atoms with Crippen LogP contribution in [0.25, 0.3) is 11.1 Å².